The van der Waals surface area contributed by atoms with Gasteiger partial charge in [0.05, 0.1) is 5.56 Å². The first-order chi connectivity index (χ1) is 8.86. The molecule has 1 aromatic heterocycles. The minimum atomic E-state index is -0.871. The third kappa shape index (κ3) is 3.92. The van der Waals surface area contributed by atoms with Crippen LogP contribution in [0, 0.1) is 13.8 Å². The number of ether oxygens (including phenoxy) is 1. The van der Waals surface area contributed by atoms with Crippen LogP contribution in [0.15, 0.2) is 6.07 Å². The van der Waals surface area contributed by atoms with Crippen molar-refractivity contribution in [1.82, 2.24) is 10.3 Å². The molecule has 1 amide bonds. The second-order valence-electron chi connectivity index (χ2n) is 4.19. The number of carbonyl (C=O) groups is 2. The predicted molar refractivity (Wildman–Crippen MR) is 72.3 cm³/mol. The standard InChI is InChI=1S/C13H17ClN2O3/c1-5-15-12(17)9(4)19-13(18)10-7(2)6-8(3)16-11(10)14/h6,9H,5H2,1-4H3,(H,15,17)/t9-/m0/s1. The molecule has 0 spiro atoms. The topological polar surface area (TPSA) is 68.3 Å². The summed E-state index contributed by atoms with van der Waals surface area (Å²) in [7, 11) is 0. The lowest BCUT2D eigenvalue weighted by Gasteiger charge is -2.14. The molecule has 19 heavy (non-hydrogen) atoms. The summed E-state index contributed by atoms with van der Waals surface area (Å²) in [6, 6.07) is 1.74. The molecule has 1 aromatic rings. The Morgan fingerprint density at radius 3 is 2.63 bits per heavy atom. The molecule has 0 aliphatic rings. The molecule has 1 N–H and O–H groups in total. The number of aryl methyl sites for hydroxylation is 2. The average molecular weight is 285 g/mol. The van der Waals surface area contributed by atoms with Crippen LogP contribution in [0.25, 0.3) is 0 Å². The molecule has 1 heterocycles. The van der Waals surface area contributed by atoms with E-state index in [2.05, 4.69) is 10.3 Å². The first-order valence-corrected chi connectivity index (χ1v) is 6.37. The summed E-state index contributed by atoms with van der Waals surface area (Å²) in [6.07, 6.45) is -0.871. The summed E-state index contributed by atoms with van der Waals surface area (Å²) in [6.45, 7) is 7.30. The van der Waals surface area contributed by atoms with Crippen LogP contribution in [-0.2, 0) is 9.53 Å². The van der Waals surface area contributed by atoms with Crippen molar-refractivity contribution in [3.63, 3.8) is 0 Å². The Labute approximate surface area is 117 Å². The Morgan fingerprint density at radius 2 is 2.11 bits per heavy atom. The fourth-order valence-electron chi connectivity index (χ4n) is 1.63. The number of nitrogens with zero attached hydrogens (tertiary/aromatic N) is 1. The van der Waals surface area contributed by atoms with E-state index in [9.17, 15) is 9.59 Å². The van der Waals surface area contributed by atoms with Crippen molar-refractivity contribution < 1.29 is 14.3 Å². The lowest BCUT2D eigenvalue weighted by Crippen LogP contribution is -2.35. The summed E-state index contributed by atoms with van der Waals surface area (Å²) < 4.78 is 5.08. The number of esters is 1. The van der Waals surface area contributed by atoms with Gasteiger partial charge in [0.25, 0.3) is 5.91 Å². The van der Waals surface area contributed by atoms with Gasteiger partial charge in [0.2, 0.25) is 0 Å². The van der Waals surface area contributed by atoms with E-state index < -0.39 is 12.1 Å². The number of nitrogens with one attached hydrogen (secondary N) is 1. The van der Waals surface area contributed by atoms with Gasteiger partial charge in [-0.05, 0) is 39.3 Å². The van der Waals surface area contributed by atoms with Crippen LogP contribution in [0.3, 0.4) is 0 Å². The molecule has 0 aliphatic carbocycles. The number of rotatable bonds is 4. The maximum atomic E-state index is 12.0. The summed E-state index contributed by atoms with van der Waals surface area (Å²) in [5.41, 5.74) is 1.59. The molecule has 0 bridgehead atoms. The van der Waals surface area contributed by atoms with Crippen LogP contribution in [0.4, 0.5) is 0 Å². The molecule has 6 heteroatoms. The van der Waals surface area contributed by atoms with E-state index in [0.717, 1.165) is 5.69 Å². The summed E-state index contributed by atoms with van der Waals surface area (Å²) in [4.78, 5) is 27.5. The van der Waals surface area contributed by atoms with Gasteiger partial charge < -0.3 is 10.1 Å². The second-order valence-corrected chi connectivity index (χ2v) is 4.55. The molecule has 0 aliphatic heterocycles. The summed E-state index contributed by atoms with van der Waals surface area (Å²) in [5.74, 6) is -0.988. The monoisotopic (exact) mass is 284 g/mol. The lowest BCUT2D eigenvalue weighted by atomic mass is 10.1. The van der Waals surface area contributed by atoms with Crippen LogP contribution >= 0.6 is 11.6 Å². The Kier molecular flexibility index (Phi) is 5.30. The van der Waals surface area contributed by atoms with E-state index in [1.807, 2.05) is 0 Å². The SMILES string of the molecule is CCNC(=O)[C@H](C)OC(=O)c1c(C)cc(C)nc1Cl. The van der Waals surface area contributed by atoms with Crippen molar-refractivity contribution in [3.8, 4) is 0 Å². The van der Waals surface area contributed by atoms with Gasteiger partial charge in [-0.1, -0.05) is 11.6 Å². The molecule has 0 saturated carbocycles. The number of carbonyl (C=O) groups excluding carboxylic acids is 2. The number of likely N-dealkylation sites (N-methyl/N-ethyl adjacent to an activating group) is 1. The molecule has 1 rings (SSSR count). The number of hydrogen-bond acceptors (Lipinski definition) is 4. The maximum Gasteiger partial charge on any atom is 0.342 e. The minimum absolute atomic E-state index is 0.0885. The minimum Gasteiger partial charge on any atom is -0.449 e. The largest absolute Gasteiger partial charge is 0.449 e. The molecule has 1 atom stereocenters. The Balaban J connectivity index is 2.87. The number of hydrogen-bond donors (Lipinski definition) is 1. The normalized spacial score (nSPS) is 11.8. The molecule has 5 nitrogen and oxygen atoms in total. The van der Waals surface area contributed by atoms with Gasteiger partial charge >= 0.3 is 5.97 Å². The number of amides is 1. The third-order valence-corrected chi connectivity index (χ3v) is 2.78. The number of halogens is 1. The van der Waals surface area contributed by atoms with Gasteiger partial charge in [0.1, 0.15) is 5.15 Å². The Bertz CT molecular complexity index is 480. The van der Waals surface area contributed by atoms with Crippen molar-refractivity contribution in [2.75, 3.05) is 6.54 Å². The van der Waals surface area contributed by atoms with E-state index in [1.54, 1.807) is 26.8 Å². The highest BCUT2D eigenvalue weighted by Crippen LogP contribution is 2.20. The van der Waals surface area contributed by atoms with Gasteiger partial charge in [-0.15, -0.1) is 0 Å². The van der Waals surface area contributed by atoms with Crippen LogP contribution in [0.5, 0.6) is 0 Å². The van der Waals surface area contributed by atoms with Gasteiger partial charge in [0.15, 0.2) is 6.10 Å². The number of aromatic nitrogens is 1. The number of pyridine rings is 1. The molecule has 0 saturated heterocycles. The molecule has 0 unspecified atom stereocenters. The van der Waals surface area contributed by atoms with E-state index in [-0.39, 0.29) is 16.6 Å². The molecular formula is C13H17ClN2O3. The van der Waals surface area contributed by atoms with Crippen molar-refractivity contribution in [3.05, 3.63) is 28.0 Å². The van der Waals surface area contributed by atoms with E-state index >= 15 is 0 Å². The summed E-state index contributed by atoms with van der Waals surface area (Å²) >= 11 is 5.94. The van der Waals surface area contributed by atoms with Crippen molar-refractivity contribution in [1.29, 1.82) is 0 Å². The maximum absolute atomic E-state index is 12.0. The lowest BCUT2D eigenvalue weighted by molar-refractivity contribution is -0.128. The average Bonchev–Trinajstić information content (AvgIpc) is 2.27. The highest BCUT2D eigenvalue weighted by molar-refractivity contribution is 6.32. The summed E-state index contributed by atoms with van der Waals surface area (Å²) in [5, 5.41) is 2.66. The fraction of sp³-hybridized carbons (Fsp3) is 0.462. The van der Waals surface area contributed by atoms with Crippen LogP contribution in [0.2, 0.25) is 5.15 Å². The van der Waals surface area contributed by atoms with E-state index in [1.165, 1.54) is 6.92 Å². The highest BCUT2D eigenvalue weighted by atomic mass is 35.5. The molecule has 0 radical (unpaired) electrons. The zero-order chi connectivity index (χ0) is 14.6. The molecule has 0 fully saturated rings. The van der Waals surface area contributed by atoms with Crippen LogP contribution in [-0.4, -0.2) is 29.5 Å². The van der Waals surface area contributed by atoms with Gasteiger partial charge in [-0.25, -0.2) is 9.78 Å². The Hall–Kier alpha value is -1.62. The van der Waals surface area contributed by atoms with Crippen molar-refractivity contribution >= 4 is 23.5 Å². The quantitative estimate of drug-likeness (QED) is 0.678. The van der Waals surface area contributed by atoms with Gasteiger partial charge in [-0.3, -0.25) is 4.79 Å². The van der Waals surface area contributed by atoms with Gasteiger partial charge in [-0.2, -0.15) is 0 Å². The molecule has 0 aromatic carbocycles. The first kappa shape index (κ1) is 15.4. The Morgan fingerprint density at radius 1 is 1.47 bits per heavy atom. The molecular weight excluding hydrogens is 268 g/mol. The zero-order valence-corrected chi connectivity index (χ0v) is 12.2. The highest BCUT2D eigenvalue weighted by Gasteiger charge is 2.22. The van der Waals surface area contributed by atoms with Crippen molar-refractivity contribution in [2.45, 2.75) is 33.8 Å². The van der Waals surface area contributed by atoms with Crippen LogP contribution in [0.1, 0.15) is 35.5 Å². The second kappa shape index (κ2) is 6.52. The zero-order valence-electron chi connectivity index (χ0n) is 11.4. The van der Waals surface area contributed by atoms with Gasteiger partial charge in [0, 0.05) is 12.2 Å². The smallest absolute Gasteiger partial charge is 0.342 e. The van der Waals surface area contributed by atoms with E-state index in [4.69, 9.17) is 16.3 Å². The van der Waals surface area contributed by atoms with E-state index in [0.29, 0.717) is 12.1 Å². The predicted octanol–water partition coefficient (Wildman–Crippen LogP) is 2.03. The van der Waals surface area contributed by atoms with Crippen LogP contribution < -0.4 is 5.32 Å². The fourth-order valence-corrected chi connectivity index (χ4v) is 1.99. The molecule has 104 valence electrons. The van der Waals surface area contributed by atoms with Crippen molar-refractivity contribution in [2.24, 2.45) is 0 Å². The third-order valence-electron chi connectivity index (χ3n) is 2.51. The first-order valence-electron chi connectivity index (χ1n) is 5.99.